The first kappa shape index (κ1) is 24.6. The zero-order valence-electron chi connectivity index (χ0n) is 19.2. The van der Waals surface area contributed by atoms with Crippen LogP contribution in [0.25, 0.3) is 0 Å². The minimum Gasteiger partial charge on any atom is -0.462 e. The largest absolute Gasteiger partial charge is 0.462 e. The van der Waals surface area contributed by atoms with Crippen molar-refractivity contribution in [2.24, 2.45) is 5.92 Å². The minimum absolute atomic E-state index is 0.0593. The molecule has 3 rings (SSSR count). The van der Waals surface area contributed by atoms with Crippen molar-refractivity contribution in [3.8, 4) is 0 Å². The summed E-state index contributed by atoms with van der Waals surface area (Å²) in [5, 5.41) is 0. The van der Waals surface area contributed by atoms with Gasteiger partial charge in [-0.25, -0.2) is 4.79 Å². The standard InChI is InChI=1S/C26H28F3NO3/c1-16(2)15-33-25(32)24-18(4)30(14-19-10-6-5-9-17(19)3)23(31)13-21(24)20-11-7-8-12-22(20)26(27,28)29/h5-12,16,21H,13-15H2,1-4H3. The maximum Gasteiger partial charge on any atom is 0.416 e. The molecule has 2 aromatic rings. The van der Waals surface area contributed by atoms with Gasteiger partial charge in [-0.05, 0) is 42.5 Å². The first-order valence-corrected chi connectivity index (χ1v) is 10.9. The number of allylic oxidation sites excluding steroid dienone is 1. The molecule has 0 spiro atoms. The third-order valence-electron chi connectivity index (χ3n) is 5.82. The fourth-order valence-electron chi connectivity index (χ4n) is 4.07. The van der Waals surface area contributed by atoms with Gasteiger partial charge in [0.2, 0.25) is 5.91 Å². The van der Waals surface area contributed by atoms with E-state index in [4.69, 9.17) is 4.74 Å². The summed E-state index contributed by atoms with van der Waals surface area (Å²) >= 11 is 0. The Bertz CT molecular complexity index is 1070. The molecule has 0 saturated carbocycles. The molecule has 0 fully saturated rings. The highest BCUT2D eigenvalue weighted by Crippen LogP contribution is 2.43. The van der Waals surface area contributed by atoms with E-state index in [1.807, 2.05) is 45.0 Å². The number of nitrogens with zero attached hydrogens (tertiary/aromatic N) is 1. The molecule has 2 aromatic carbocycles. The van der Waals surface area contributed by atoms with E-state index >= 15 is 0 Å². The lowest BCUT2D eigenvalue weighted by Crippen LogP contribution is -2.38. The van der Waals surface area contributed by atoms with E-state index in [2.05, 4.69) is 0 Å². The summed E-state index contributed by atoms with van der Waals surface area (Å²) in [4.78, 5) is 27.8. The average molecular weight is 460 g/mol. The number of aryl methyl sites for hydroxylation is 1. The lowest BCUT2D eigenvalue weighted by atomic mass is 9.81. The minimum atomic E-state index is -4.61. The van der Waals surface area contributed by atoms with Crippen molar-refractivity contribution < 1.29 is 27.5 Å². The highest BCUT2D eigenvalue weighted by molar-refractivity contribution is 5.96. The third-order valence-corrected chi connectivity index (χ3v) is 5.82. The Morgan fingerprint density at radius 3 is 2.36 bits per heavy atom. The van der Waals surface area contributed by atoms with Crippen LogP contribution in [0.2, 0.25) is 0 Å². The Balaban J connectivity index is 2.11. The maximum absolute atomic E-state index is 13.8. The molecule has 0 radical (unpaired) electrons. The summed E-state index contributed by atoms with van der Waals surface area (Å²) in [6.45, 7) is 7.63. The molecular formula is C26H28F3NO3. The summed E-state index contributed by atoms with van der Waals surface area (Å²) in [5.74, 6) is -2.00. The molecule has 0 aliphatic carbocycles. The zero-order chi connectivity index (χ0) is 24.3. The number of ether oxygens (including phenoxy) is 1. The molecule has 1 aliphatic heterocycles. The number of amides is 1. The molecule has 1 heterocycles. The zero-order valence-corrected chi connectivity index (χ0v) is 19.2. The van der Waals surface area contributed by atoms with E-state index < -0.39 is 23.6 Å². The van der Waals surface area contributed by atoms with Crippen LogP contribution in [0.15, 0.2) is 59.8 Å². The molecule has 0 saturated heterocycles. The molecule has 4 nitrogen and oxygen atoms in total. The van der Waals surface area contributed by atoms with E-state index in [1.54, 1.807) is 6.92 Å². The second-order valence-electron chi connectivity index (χ2n) is 8.74. The van der Waals surface area contributed by atoms with Crippen LogP contribution in [0.5, 0.6) is 0 Å². The van der Waals surface area contributed by atoms with Gasteiger partial charge in [0, 0.05) is 18.0 Å². The SMILES string of the molecule is CC1=C(C(=O)OCC(C)C)C(c2ccccc2C(F)(F)F)CC(=O)N1Cc1ccccc1C. The van der Waals surface area contributed by atoms with Gasteiger partial charge in [0.15, 0.2) is 0 Å². The van der Waals surface area contributed by atoms with Crippen molar-refractivity contribution in [2.75, 3.05) is 6.61 Å². The van der Waals surface area contributed by atoms with Gasteiger partial charge in [0.1, 0.15) is 0 Å². The van der Waals surface area contributed by atoms with Gasteiger partial charge in [-0.1, -0.05) is 56.3 Å². The summed E-state index contributed by atoms with van der Waals surface area (Å²) in [7, 11) is 0. The number of esters is 1. The van der Waals surface area contributed by atoms with E-state index in [-0.39, 0.29) is 42.5 Å². The van der Waals surface area contributed by atoms with E-state index in [9.17, 15) is 22.8 Å². The molecule has 0 aromatic heterocycles. The van der Waals surface area contributed by atoms with Crippen LogP contribution in [-0.4, -0.2) is 23.4 Å². The van der Waals surface area contributed by atoms with Crippen molar-refractivity contribution in [3.63, 3.8) is 0 Å². The fraction of sp³-hybridized carbons (Fsp3) is 0.385. The van der Waals surface area contributed by atoms with Crippen LogP contribution in [-0.2, 0) is 27.0 Å². The van der Waals surface area contributed by atoms with Gasteiger partial charge in [-0.15, -0.1) is 0 Å². The summed E-state index contributed by atoms with van der Waals surface area (Å²) < 4.78 is 46.7. The van der Waals surface area contributed by atoms with Gasteiger partial charge < -0.3 is 9.64 Å². The Morgan fingerprint density at radius 2 is 1.73 bits per heavy atom. The Hall–Kier alpha value is -3.09. The summed E-state index contributed by atoms with van der Waals surface area (Å²) in [6.07, 6.45) is -4.86. The summed E-state index contributed by atoms with van der Waals surface area (Å²) in [5.41, 5.74) is 1.36. The predicted molar refractivity (Wildman–Crippen MR) is 119 cm³/mol. The Morgan fingerprint density at radius 1 is 1.09 bits per heavy atom. The van der Waals surface area contributed by atoms with E-state index in [0.717, 1.165) is 17.2 Å². The monoisotopic (exact) mass is 459 g/mol. The second-order valence-corrected chi connectivity index (χ2v) is 8.74. The molecule has 1 atom stereocenters. The van der Waals surface area contributed by atoms with Crippen LogP contribution in [0.3, 0.4) is 0 Å². The first-order chi connectivity index (χ1) is 15.5. The van der Waals surface area contributed by atoms with Crippen molar-refractivity contribution >= 4 is 11.9 Å². The van der Waals surface area contributed by atoms with Gasteiger partial charge in [-0.3, -0.25) is 4.79 Å². The van der Waals surface area contributed by atoms with Gasteiger partial charge in [-0.2, -0.15) is 13.2 Å². The van der Waals surface area contributed by atoms with Gasteiger partial charge in [0.05, 0.1) is 24.3 Å². The van der Waals surface area contributed by atoms with Crippen LogP contribution < -0.4 is 0 Å². The number of benzene rings is 2. The number of carbonyl (C=O) groups excluding carboxylic acids is 2. The molecule has 33 heavy (non-hydrogen) atoms. The molecule has 176 valence electrons. The van der Waals surface area contributed by atoms with E-state index in [0.29, 0.717) is 5.70 Å². The molecule has 1 aliphatic rings. The van der Waals surface area contributed by atoms with Gasteiger partial charge in [0.25, 0.3) is 0 Å². The lowest BCUT2D eigenvalue weighted by molar-refractivity contribution is -0.143. The average Bonchev–Trinajstić information content (AvgIpc) is 2.75. The second kappa shape index (κ2) is 9.81. The normalized spacial score (nSPS) is 17.0. The van der Waals surface area contributed by atoms with Crippen molar-refractivity contribution in [3.05, 3.63) is 82.1 Å². The van der Waals surface area contributed by atoms with Gasteiger partial charge >= 0.3 is 12.1 Å². The molecule has 1 unspecified atom stereocenters. The Labute approximate surface area is 192 Å². The third kappa shape index (κ3) is 5.46. The number of hydrogen-bond donors (Lipinski definition) is 0. The van der Waals surface area contributed by atoms with Crippen molar-refractivity contribution in [1.29, 1.82) is 0 Å². The highest BCUT2D eigenvalue weighted by Gasteiger charge is 2.42. The van der Waals surface area contributed by atoms with Crippen molar-refractivity contribution in [2.45, 2.75) is 52.8 Å². The molecule has 0 bridgehead atoms. The highest BCUT2D eigenvalue weighted by atomic mass is 19.4. The molecule has 7 heteroatoms. The van der Waals surface area contributed by atoms with Crippen LogP contribution in [0, 0.1) is 12.8 Å². The van der Waals surface area contributed by atoms with E-state index in [1.165, 1.54) is 23.1 Å². The smallest absolute Gasteiger partial charge is 0.416 e. The summed E-state index contributed by atoms with van der Waals surface area (Å²) in [6, 6.07) is 12.7. The number of carbonyl (C=O) groups is 2. The molecular weight excluding hydrogens is 431 g/mol. The Kier molecular flexibility index (Phi) is 7.30. The van der Waals surface area contributed by atoms with Crippen LogP contribution >= 0.6 is 0 Å². The quantitative estimate of drug-likeness (QED) is 0.498. The number of alkyl halides is 3. The fourth-order valence-corrected chi connectivity index (χ4v) is 4.07. The molecule has 1 amide bonds. The predicted octanol–water partition coefficient (Wildman–Crippen LogP) is 6.00. The van der Waals surface area contributed by atoms with Crippen LogP contribution in [0.4, 0.5) is 13.2 Å². The topological polar surface area (TPSA) is 46.6 Å². The maximum atomic E-state index is 13.8. The van der Waals surface area contributed by atoms with Crippen LogP contribution in [0.1, 0.15) is 55.4 Å². The first-order valence-electron chi connectivity index (χ1n) is 10.9. The number of rotatable bonds is 6. The lowest BCUT2D eigenvalue weighted by Gasteiger charge is -2.35. The number of halogens is 3. The molecule has 0 N–H and O–H groups in total. The van der Waals surface area contributed by atoms with Crippen molar-refractivity contribution in [1.82, 2.24) is 4.90 Å². The number of hydrogen-bond acceptors (Lipinski definition) is 3.